The van der Waals surface area contributed by atoms with Crippen LogP contribution in [0.25, 0.3) is 0 Å². The summed E-state index contributed by atoms with van der Waals surface area (Å²) >= 11 is 0. The van der Waals surface area contributed by atoms with Crippen molar-refractivity contribution in [3.63, 3.8) is 0 Å². The molecule has 0 aliphatic rings. The number of amides is 1. The molecule has 0 heterocycles. The fraction of sp³-hybridized carbons (Fsp3) is 0.710. The van der Waals surface area contributed by atoms with E-state index < -0.39 is 12.0 Å². The number of carboxylic acids is 1. The van der Waals surface area contributed by atoms with Gasteiger partial charge in [-0.2, -0.15) is 0 Å². The van der Waals surface area contributed by atoms with Gasteiger partial charge in [-0.05, 0) is 37.1 Å². The van der Waals surface area contributed by atoms with Crippen LogP contribution in [0.1, 0.15) is 141 Å². The zero-order chi connectivity index (χ0) is 27.0. The maximum Gasteiger partial charge on any atom is 1.00 e. The molecular weight excluding hydrogens is 487 g/mol. The number of carbonyl (C=O) groups excluding carboxylic acids is 1. The second-order valence-corrected chi connectivity index (χ2v) is 10.2. The number of carboxylic acid groups (broad SMARTS) is 1. The van der Waals surface area contributed by atoms with Crippen molar-refractivity contribution in [2.24, 2.45) is 4.99 Å². The van der Waals surface area contributed by atoms with E-state index in [4.69, 9.17) is 5.11 Å². The summed E-state index contributed by atoms with van der Waals surface area (Å²) < 4.78 is 0. The van der Waals surface area contributed by atoms with Crippen molar-refractivity contribution >= 4 is 17.8 Å². The Morgan fingerprint density at radius 3 is 1.76 bits per heavy atom. The van der Waals surface area contributed by atoms with E-state index in [9.17, 15) is 14.7 Å². The van der Waals surface area contributed by atoms with E-state index in [1.807, 2.05) is 30.3 Å². The van der Waals surface area contributed by atoms with Gasteiger partial charge in [0.05, 0.1) is 0 Å². The Balaban J connectivity index is 0.0000137. The van der Waals surface area contributed by atoms with E-state index in [1.165, 1.54) is 70.6 Å². The number of hydrogen-bond donors (Lipinski definition) is 2. The van der Waals surface area contributed by atoms with Crippen LogP contribution in [0.15, 0.2) is 35.3 Å². The Labute approximate surface area is 253 Å². The topological polar surface area (TPSA) is 102 Å². The van der Waals surface area contributed by atoms with Crippen molar-refractivity contribution in [1.82, 2.24) is 5.32 Å². The van der Waals surface area contributed by atoms with Crippen LogP contribution in [0.2, 0.25) is 0 Å². The Bertz CT molecular complexity index is 743. The Kier molecular flexibility index (Phi) is 25.0. The van der Waals surface area contributed by atoms with Crippen molar-refractivity contribution in [1.29, 1.82) is 0 Å². The first-order chi connectivity index (χ1) is 18.0. The van der Waals surface area contributed by atoms with Gasteiger partial charge in [-0.15, -0.1) is 0 Å². The smallest absolute Gasteiger partial charge is 0.862 e. The van der Waals surface area contributed by atoms with Crippen LogP contribution in [0.5, 0.6) is 0 Å². The number of carbonyl (C=O) groups is 2. The number of benzene rings is 1. The standard InChI is InChI=1S/C31H52N2O4.Na/c1-2-3-4-5-6-7-8-9-10-11-12-13-14-19-24-28(34)33-30(27-22-17-15-18-23-27)31(37)32-26-21-16-20-25-29(35)36;/h15,17-18,22-23,30H,2-14,16,19-21,24-26H2,1H3,(H,32,37)(H,33,34)(H,35,36);/q;+1/p-1/t30-;/m1./s1. The third-order valence-corrected chi connectivity index (χ3v) is 6.75. The van der Waals surface area contributed by atoms with Gasteiger partial charge in [-0.25, -0.2) is 0 Å². The summed E-state index contributed by atoms with van der Waals surface area (Å²) in [4.78, 5) is 27.6. The van der Waals surface area contributed by atoms with Gasteiger partial charge >= 0.3 is 35.5 Å². The molecule has 0 fully saturated rings. The largest absolute Gasteiger partial charge is 1.00 e. The number of aliphatic imine (C=N–C) groups is 1. The molecule has 210 valence electrons. The van der Waals surface area contributed by atoms with Crippen LogP contribution in [0.3, 0.4) is 0 Å². The molecule has 1 aromatic rings. The maximum atomic E-state index is 12.8. The molecule has 6 nitrogen and oxygen atoms in total. The van der Waals surface area contributed by atoms with Crippen LogP contribution >= 0.6 is 0 Å². The van der Waals surface area contributed by atoms with Crippen LogP contribution in [0.4, 0.5) is 0 Å². The predicted molar refractivity (Wildman–Crippen MR) is 151 cm³/mol. The molecule has 1 aromatic carbocycles. The number of hydrogen-bond acceptors (Lipinski definition) is 4. The van der Waals surface area contributed by atoms with Crippen molar-refractivity contribution < 1.29 is 49.4 Å². The number of nitrogens with one attached hydrogen (secondary N) is 1. The summed E-state index contributed by atoms with van der Waals surface area (Å²) in [6.45, 7) is 2.71. The quantitative estimate of drug-likeness (QED) is 0.0895. The number of nitrogens with zero attached hydrogens (tertiary/aromatic N) is 1. The average Bonchev–Trinajstić information content (AvgIpc) is 2.89. The second-order valence-electron chi connectivity index (χ2n) is 10.2. The second kappa shape index (κ2) is 25.9. The number of unbranched alkanes of at least 4 members (excludes halogenated alkanes) is 15. The van der Waals surface area contributed by atoms with Gasteiger partial charge in [-0.3, -0.25) is 14.6 Å². The van der Waals surface area contributed by atoms with Crippen LogP contribution in [0, 0.1) is 0 Å². The van der Waals surface area contributed by atoms with Gasteiger partial charge in [0.25, 0.3) is 0 Å². The van der Waals surface area contributed by atoms with E-state index in [1.54, 1.807) is 0 Å². The third kappa shape index (κ3) is 20.6. The third-order valence-electron chi connectivity index (χ3n) is 6.75. The summed E-state index contributed by atoms with van der Waals surface area (Å²) in [6.07, 6.45) is 20.3. The molecule has 1 amide bonds. The molecule has 0 unspecified atom stereocenters. The zero-order valence-corrected chi connectivity index (χ0v) is 26.2. The summed E-state index contributed by atoms with van der Waals surface area (Å²) in [5.41, 5.74) is 0.709. The van der Waals surface area contributed by atoms with Crippen molar-refractivity contribution in [3.05, 3.63) is 35.9 Å². The Morgan fingerprint density at radius 2 is 1.24 bits per heavy atom. The first-order valence-electron chi connectivity index (χ1n) is 14.8. The van der Waals surface area contributed by atoms with Gasteiger partial charge in [0.1, 0.15) is 0 Å². The molecule has 38 heavy (non-hydrogen) atoms. The van der Waals surface area contributed by atoms with E-state index in [-0.39, 0.29) is 47.8 Å². The normalized spacial score (nSPS) is 12.1. The number of rotatable bonds is 24. The van der Waals surface area contributed by atoms with Crippen LogP contribution in [-0.2, 0) is 9.59 Å². The van der Waals surface area contributed by atoms with Gasteiger partial charge in [0.2, 0.25) is 5.91 Å². The first-order valence-corrected chi connectivity index (χ1v) is 14.8. The molecular formula is C31H51N2NaO4. The average molecular weight is 539 g/mol. The molecule has 1 rings (SSSR count). The van der Waals surface area contributed by atoms with E-state index in [2.05, 4.69) is 17.2 Å². The fourth-order valence-electron chi connectivity index (χ4n) is 4.49. The minimum atomic E-state index is -0.834. The monoisotopic (exact) mass is 538 g/mol. The maximum absolute atomic E-state index is 12.8. The molecule has 0 spiro atoms. The zero-order valence-electron chi connectivity index (χ0n) is 24.2. The summed E-state index contributed by atoms with van der Waals surface area (Å²) in [7, 11) is 0. The van der Waals surface area contributed by atoms with Gasteiger partial charge in [0.15, 0.2) is 6.04 Å². The Morgan fingerprint density at radius 1 is 0.763 bits per heavy atom. The molecule has 0 saturated carbocycles. The minimum Gasteiger partial charge on any atom is -0.862 e. The molecule has 0 aliphatic carbocycles. The van der Waals surface area contributed by atoms with E-state index >= 15 is 0 Å². The van der Waals surface area contributed by atoms with E-state index in [0.717, 1.165) is 25.7 Å². The van der Waals surface area contributed by atoms with Gasteiger partial charge < -0.3 is 15.5 Å². The first kappa shape index (κ1) is 36.6. The molecule has 2 N–H and O–H groups in total. The molecule has 0 aromatic heterocycles. The fourth-order valence-corrected chi connectivity index (χ4v) is 4.49. The minimum absolute atomic E-state index is 0. The van der Waals surface area contributed by atoms with Gasteiger partial charge in [0, 0.05) is 13.0 Å². The Hall–Kier alpha value is -1.37. The molecule has 1 atom stereocenters. The molecule has 0 radical (unpaired) electrons. The summed E-state index contributed by atoms with van der Waals surface area (Å²) in [5, 5.41) is 24.1. The molecule has 0 bridgehead atoms. The predicted octanol–water partition coefficient (Wildman–Crippen LogP) is 4.12. The molecule has 7 heteroatoms. The summed E-state index contributed by atoms with van der Waals surface area (Å²) in [5.74, 6) is -1.30. The van der Waals surface area contributed by atoms with Crippen molar-refractivity contribution in [3.8, 4) is 0 Å². The molecule has 0 aliphatic heterocycles. The molecule has 0 saturated heterocycles. The van der Waals surface area contributed by atoms with Crippen molar-refractivity contribution in [2.75, 3.05) is 6.54 Å². The van der Waals surface area contributed by atoms with Gasteiger partial charge in [-0.1, -0.05) is 127 Å². The summed E-state index contributed by atoms with van der Waals surface area (Å²) in [6, 6.07) is 8.36. The number of aliphatic carboxylic acids is 1. The van der Waals surface area contributed by atoms with Crippen LogP contribution in [-0.4, -0.2) is 29.4 Å². The van der Waals surface area contributed by atoms with Crippen molar-refractivity contribution in [2.45, 2.75) is 135 Å². The van der Waals surface area contributed by atoms with Crippen LogP contribution < -0.4 is 40.0 Å². The van der Waals surface area contributed by atoms with E-state index in [0.29, 0.717) is 31.4 Å². The SMILES string of the molecule is CCCCCCCCCCCCCCCCC([O-])=N[C@@H](C(=O)NCCCCCC(=O)O)c1ccccc1.[Na+].